The number of hydrogen-bond acceptors (Lipinski definition) is 5. The van der Waals surface area contributed by atoms with Crippen LogP contribution in [-0.4, -0.2) is 44.7 Å². The normalized spacial score (nSPS) is 10.1. The number of hydrogen-bond donors (Lipinski definition) is 1. The van der Waals surface area contributed by atoms with Crippen LogP contribution in [0.5, 0.6) is 5.75 Å². The largest absolute Gasteiger partial charge is 0.492 e. The van der Waals surface area contributed by atoms with Gasteiger partial charge in [0.15, 0.2) is 6.61 Å². The predicted molar refractivity (Wildman–Crippen MR) is 105 cm³/mol. The molecule has 6 heteroatoms. The fraction of sp³-hybridized carbons (Fsp3) is 0.333. The minimum Gasteiger partial charge on any atom is -0.492 e. The summed E-state index contributed by atoms with van der Waals surface area (Å²) in [6.07, 6.45) is 0. The van der Waals surface area contributed by atoms with Crippen molar-refractivity contribution in [3.8, 4) is 5.75 Å². The molecule has 0 fully saturated rings. The van der Waals surface area contributed by atoms with Crippen molar-refractivity contribution in [3.05, 3.63) is 60.2 Å². The number of nitrogens with one attached hydrogen (secondary N) is 1. The molecule has 144 valence electrons. The van der Waals surface area contributed by atoms with Gasteiger partial charge in [0.25, 0.3) is 5.91 Å². The predicted octanol–water partition coefficient (Wildman–Crippen LogP) is 2.88. The van der Waals surface area contributed by atoms with E-state index in [0.29, 0.717) is 18.7 Å². The molecule has 1 amide bonds. The SMILES string of the molecule is CCN(CC)c1ccc(C(=O)OCC(=O)NCCOc2ccccc2)cc1. The van der Waals surface area contributed by atoms with Gasteiger partial charge in [0.1, 0.15) is 12.4 Å². The molecule has 0 aliphatic carbocycles. The zero-order chi connectivity index (χ0) is 19.5. The van der Waals surface area contributed by atoms with E-state index in [2.05, 4.69) is 24.1 Å². The first kappa shape index (κ1) is 20.3. The van der Waals surface area contributed by atoms with Crippen molar-refractivity contribution in [1.82, 2.24) is 5.32 Å². The highest BCUT2D eigenvalue weighted by atomic mass is 16.5. The average Bonchev–Trinajstić information content (AvgIpc) is 2.71. The molecule has 0 aromatic heterocycles. The highest BCUT2D eigenvalue weighted by Crippen LogP contribution is 2.15. The molecule has 0 saturated heterocycles. The summed E-state index contributed by atoms with van der Waals surface area (Å²) in [7, 11) is 0. The quantitative estimate of drug-likeness (QED) is 0.514. The number of para-hydroxylation sites is 1. The van der Waals surface area contributed by atoms with Crippen LogP contribution >= 0.6 is 0 Å². The van der Waals surface area contributed by atoms with Gasteiger partial charge in [-0.05, 0) is 50.2 Å². The standard InChI is InChI=1S/C21H26N2O4/c1-3-23(4-2)18-12-10-17(11-13-18)21(25)27-16-20(24)22-14-15-26-19-8-6-5-7-9-19/h5-13H,3-4,14-16H2,1-2H3,(H,22,24). The Morgan fingerprint density at radius 3 is 2.26 bits per heavy atom. The van der Waals surface area contributed by atoms with Crippen molar-refractivity contribution in [2.24, 2.45) is 0 Å². The van der Waals surface area contributed by atoms with Crippen molar-refractivity contribution in [3.63, 3.8) is 0 Å². The number of anilines is 1. The monoisotopic (exact) mass is 370 g/mol. The Morgan fingerprint density at radius 1 is 0.963 bits per heavy atom. The summed E-state index contributed by atoms with van der Waals surface area (Å²) < 4.78 is 10.5. The van der Waals surface area contributed by atoms with Gasteiger partial charge < -0.3 is 19.7 Å². The van der Waals surface area contributed by atoms with Crippen LogP contribution in [0, 0.1) is 0 Å². The van der Waals surface area contributed by atoms with E-state index in [-0.39, 0.29) is 12.5 Å². The molecule has 0 radical (unpaired) electrons. The second kappa shape index (κ2) is 10.9. The van der Waals surface area contributed by atoms with E-state index in [1.54, 1.807) is 12.1 Å². The number of carbonyl (C=O) groups excluding carboxylic acids is 2. The minimum atomic E-state index is -0.517. The summed E-state index contributed by atoms with van der Waals surface area (Å²) in [5.74, 6) is -0.136. The summed E-state index contributed by atoms with van der Waals surface area (Å²) in [4.78, 5) is 26.0. The topological polar surface area (TPSA) is 67.9 Å². The van der Waals surface area contributed by atoms with Gasteiger partial charge in [0.05, 0.1) is 12.1 Å². The lowest BCUT2D eigenvalue weighted by Crippen LogP contribution is -2.32. The second-order valence-electron chi connectivity index (χ2n) is 5.81. The van der Waals surface area contributed by atoms with E-state index in [0.717, 1.165) is 24.5 Å². The van der Waals surface area contributed by atoms with Crippen molar-refractivity contribution in [1.29, 1.82) is 0 Å². The van der Waals surface area contributed by atoms with Crippen LogP contribution in [-0.2, 0) is 9.53 Å². The number of rotatable bonds is 10. The second-order valence-corrected chi connectivity index (χ2v) is 5.81. The number of esters is 1. The summed E-state index contributed by atoms with van der Waals surface area (Å²) in [6, 6.07) is 16.5. The summed E-state index contributed by atoms with van der Waals surface area (Å²) >= 11 is 0. The molecular formula is C21H26N2O4. The van der Waals surface area contributed by atoms with Crippen LogP contribution in [0.3, 0.4) is 0 Å². The number of amides is 1. The molecule has 6 nitrogen and oxygen atoms in total. The van der Waals surface area contributed by atoms with Gasteiger partial charge in [-0.2, -0.15) is 0 Å². The van der Waals surface area contributed by atoms with Crippen molar-refractivity contribution in [2.45, 2.75) is 13.8 Å². The molecular weight excluding hydrogens is 344 g/mol. The maximum atomic E-state index is 12.0. The molecule has 0 atom stereocenters. The third-order valence-corrected chi connectivity index (χ3v) is 4.00. The van der Waals surface area contributed by atoms with Crippen LogP contribution in [0.25, 0.3) is 0 Å². The van der Waals surface area contributed by atoms with Crippen LogP contribution < -0.4 is 15.0 Å². The highest BCUT2D eigenvalue weighted by Gasteiger charge is 2.11. The van der Waals surface area contributed by atoms with Crippen molar-refractivity contribution >= 4 is 17.6 Å². The first-order valence-corrected chi connectivity index (χ1v) is 9.10. The zero-order valence-corrected chi connectivity index (χ0v) is 15.8. The van der Waals surface area contributed by atoms with Gasteiger partial charge in [-0.15, -0.1) is 0 Å². The molecule has 27 heavy (non-hydrogen) atoms. The molecule has 0 unspecified atom stereocenters. The van der Waals surface area contributed by atoms with Gasteiger partial charge in [0.2, 0.25) is 0 Å². The lowest BCUT2D eigenvalue weighted by Gasteiger charge is -2.20. The molecule has 2 aromatic rings. The number of carbonyl (C=O) groups is 2. The smallest absolute Gasteiger partial charge is 0.338 e. The van der Waals surface area contributed by atoms with Gasteiger partial charge in [-0.25, -0.2) is 4.79 Å². The van der Waals surface area contributed by atoms with E-state index < -0.39 is 5.97 Å². The lowest BCUT2D eigenvalue weighted by molar-refractivity contribution is -0.124. The van der Waals surface area contributed by atoms with Gasteiger partial charge in [-0.1, -0.05) is 18.2 Å². The van der Waals surface area contributed by atoms with Crippen LogP contribution in [0.1, 0.15) is 24.2 Å². The third kappa shape index (κ3) is 6.66. The maximum absolute atomic E-state index is 12.0. The first-order valence-electron chi connectivity index (χ1n) is 9.10. The molecule has 2 rings (SSSR count). The van der Waals surface area contributed by atoms with E-state index in [1.165, 1.54) is 0 Å². The average molecular weight is 370 g/mol. The fourth-order valence-electron chi connectivity index (χ4n) is 2.54. The van der Waals surface area contributed by atoms with E-state index in [4.69, 9.17) is 9.47 Å². The van der Waals surface area contributed by atoms with Crippen LogP contribution in [0.4, 0.5) is 5.69 Å². The molecule has 0 bridgehead atoms. The summed E-state index contributed by atoms with van der Waals surface area (Å²) in [6.45, 7) is 6.32. The summed E-state index contributed by atoms with van der Waals surface area (Å²) in [5, 5.41) is 2.65. The molecule has 2 aromatic carbocycles. The Morgan fingerprint density at radius 2 is 1.63 bits per heavy atom. The minimum absolute atomic E-state index is 0.317. The highest BCUT2D eigenvalue weighted by molar-refractivity contribution is 5.91. The number of nitrogens with zero attached hydrogens (tertiary/aromatic N) is 1. The molecule has 0 spiro atoms. The molecule has 1 N–H and O–H groups in total. The molecule has 0 aliphatic rings. The zero-order valence-electron chi connectivity index (χ0n) is 15.8. The van der Waals surface area contributed by atoms with Crippen LogP contribution in [0.15, 0.2) is 54.6 Å². The maximum Gasteiger partial charge on any atom is 0.338 e. The van der Waals surface area contributed by atoms with E-state index >= 15 is 0 Å². The fourth-order valence-corrected chi connectivity index (χ4v) is 2.54. The van der Waals surface area contributed by atoms with Gasteiger partial charge >= 0.3 is 5.97 Å². The summed E-state index contributed by atoms with van der Waals surface area (Å²) in [5.41, 5.74) is 1.47. The Hall–Kier alpha value is -3.02. The van der Waals surface area contributed by atoms with Crippen molar-refractivity contribution < 1.29 is 19.1 Å². The van der Waals surface area contributed by atoms with Gasteiger partial charge in [-0.3, -0.25) is 4.79 Å². The van der Waals surface area contributed by atoms with Gasteiger partial charge in [0, 0.05) is 18.8 Å². The van der Waals surface area contributed by atoms with E-state index in [1.807, 2.05) is 42.5 Å². The number of ether oxygens (including phenoxy) is 2. The Kier molecular flexibility index (Phi) is 8.16. The van der Waals surface area contributed by atoms with Crippen LogP contribution in [0.2, 0.25) is 0 Å². The number of benzene rings is 2. The molecule has 0 aliphatic heterocycles. The Labute approximate surface area is 160 Å². The molecule has 0 heterocycles. The van der Waals surface area contributed by atoms with Crippen molar-refractivity contribution in [2.75, 3.05) is 37.7 Å². The first-order chi connectivity index (χ1) is 13.1. The Balaban J connectivity index is 1.69. The molecule has 0 saturated carbocycles. The van der Waals surface area contributed by atoms with E-state index in [9.17, 15) is 9.59 Å². The Bertz CT molecular complexity index is 713. The third-order valence-electron chi connectivity index (χ3n) is 4.00. The lowest BCUT2D eigenvalue weighted by atomic mass is 10.2.